The first-order valence-corrected chi connectivity index (χ1v) is 5.90. The minimum atomic E-state index is -1.33. The molecule has 1 aromatic rings. The lowest BCUT2D eigenvalue weighted by molar-refractivity contribution is -0.309. The van der Waals surface area contributed by atoms with Gasteiger partial charge in [0.2, 0.25) is 0 Å². The molecule has 0 saturated heterocycles. The standard InChI is InChI=1S/C13H17FN2O3/c1-8(2)11(12(17)18)16-13(19)15-7-9-3-5-10(14)6-4-9/h3-6,8,11H,7H2,1-2H3,(H,17,18)(H2,15,16,19)/p-1/t11-/m0/s1. The fourth-order valence-electron chi connectivity index (χ4n) is 1.47. The Hall–Kier alpha value is -2.11. The number of halogens is 1. The predicted octanol–water partition coefficient (Wildman–Crippen LogP) is 0.399. The molecule has 19 heavy (non-hydrogen) atoms. The second kappa shape index (κ2) is 6.72. The van der Waals surface area contributed by atoms with E-state index >= 15 is 0 Å². The van der Waals surface area contributed by atoms with E-state index in [4.69, 9.17) is 0 Å². The minimum absolute atomic E-state index is 0.185. The highest BCUT2D eigenvalue weighted by Crippen LogP contribution is 2.03. The molecular formula is C13H16FN2O3-. The van der Waals surface area contributed by atoms with Crippen LogP contribution in [0.15, 0.2) is 24.3 Å². The number of rotatable bonds is 5. The smallest absolute Gasteiger partial charge is 0.315 e. The number of hydrogen-bond donors (Lipinski definition) is 2. The zero-order valence-corrected chi connectivity index (χ0v) is 10.8. The molecule has 0 heterocycles. The van der Waals surface area contributed by atoms with E-state index in [1.807, 2.05) is 0 Å². The van der Waals surface area contributed by atoms with Crippen LogP contribution >= 0.6 is 0 Å². The molecule has 0 aliphatic rings. The zero-order valence-electron chi connectivity index (χ0n) is 10.8. The molecule has 1 aromatic carbocycles. The average molecular weight is 267 g/mol. The van der Waals surface area contributed by atoms with Crippen LogP contribution in [0.4, 0.5) is 9.18 Å². The van der Waals surface area contributed by atoms with Crippen molar-refractivity contribution in [3.63, 3.8) is 0 Å². The lowest BCUT2D eigenvalue weighted by Crippen LogP contribution is -2.53. The summed E-state index contributed by atoms with van der Waals surface area (Å²) in [6.07, 6.45) is 0. The maximum atomic E-state index is 12.7. The molecule has 1 atom stereocenters. The van der Waals surface area contributed by atoms with Gasteiger partial charge in [-0.15, -0.1) is 0 Å². The van der Waals surface area contributed by atoms with Crippen LogP contribution in [0, 0.1) is 11.7 Å². The van der Waals surface area contributed by atoms with E-state index in [9.17, 15) is 19.1 Å². The highest BCUT2D eigenvalue weighted by molar-refractivity contribution is 5.81. The number of urea groups is 1. The predicted molar refractivity (Wildman–Crippen MR) is 65.4 cm³/mol. The van der Waals surface area contributed by atoms with Gasteiger partial charge in [-0.05, 0) is 23.6 Å². The third-order valence-corrected chi connectivity index (χ3v) is 2.57. The molecule has 2 N–H and O–H groups in total. The molecule has 0 bridgehead atoms. The summed E-state index contributed by atoms with van der Waals surface area (Å²) in [5.74, 6) is -1.96. The molecular weight excluding hydrogens is 251 g/mol. The largest absolute Gasteiger partial charge is 0.548 e. The van der Waals surface area contributed by atoms with Crippen molar-refractivity contribution in [1.82, 2.24) is 10.6 Å². The van der Waals surface area contributed by atoms with Gasteiger partial charge in [-0.25, -0.2) is 9.18 Å². The molecule has 0 saturated carbocycles. The summed E-state index contributed by atoms with van der Waals surface area (Å²) in [4.78, 5) is 22.3. The number of carboxylic acids is 1. The number of hydrogen-bond acceptors (Lipinski definition) is 3. The van der Waals surface area contributed by atoms with Crippen LogP contribution in [0.5, 0.6) is 0 Å². The van der Waals surface area contributed by atoms with Gasteiger partial charge in [0.15, 0.2) is 0 Å². The van der Waals surface area contributed by atoms with Crippen molar-refractivity contribution in [2.45, 2.75) is 26.4 Å². The van der Waals surface area contributed by atoms with Gasteiger partial charge in [-0.2, -0.15) is 0 Å². The summed E-state index contributed by atoms with van der Waals surface area (Å²) < 4.78 is 12.7. The topological polar surface area (TPSA) is 81.3 Å². The lowest BCUT2D eigenvalue weighted by atomic mass is 10.1. The monoisotopic (exact) mass is 267 g/mol. The van der Waals surface area contributed by atoms with Crippen molar-refractivity contribution in [2.75, 3.05) is 0 Å². The van der Waals surface area contributed by atoms with E-state index in [2.05, 4.69) is 10.6 Å². The van der Waals surface area contributed by atoms with Crippen LogP contribution in [0.25, 0.3) is 0 Å². The van der Waals surface area contributed by atoms with E-state index in [1.54, 1.807) is 13.8 Å². The van der Waals surface area contributed by atoms with Crippen LogP contribution in [-0.2, 0) is 11.3 Å². The van der Waals surface area contributed by atoms with Crippen molar-refractivity contribution in [3.8, 4) is 0 Å². The first-order valence-electron chi connectivity index (χ1n) is 5.90. The molecule has 2 amide bonds. The number of benzene rings is 1. The van der Waals surface area contributed by atoms with Crippen LogP contribution in [0.2, 0.25) is 0 Å². The summed E-state index contributed by atoms with van der Waals surface area (Å²) in [6.45, 7) is 3.52. The summed E-state index contributed by atoms with van der Waals surface area (Å²) >= 11 is 0. The quantitative estimate of drug-likeness (QED) is 0.810. The Morgan fingerprint density at radius 2 is 1.84 bits per heavy atom. The Balaban J connectivity index is 2.47. The summed E-state index contributed by atoms with van der Waals surface area (Å²) in [5, 5.41) is 15.6. The van der Waals surface area contributed by atoms with E-state index < -0.39 is 18.0 Å². The van der Waals surface area contributed by atoms with E-state index in [0.29, 0.717) is 5.56 Å². The summed E-state index contributed by atoms with van der Waals surface area (Å²) in [6, 6.07) is 3.99. The zero-order chi connectivity index (χ0) is 14.4. The molecule has 0 spiro atoms. The van der Waals surface area contributed by atoms with Gasteiger partial charge in [0.05, 0.1) is 12.0 Å². The van der Waals surface area contributed by atoms with E-state index in [1.165, 1.54) is 24.3 Å². The van der Waals surface area contributed by atoms with Gasteiger partial charge in [0.25, 0.3) is 0 Å². The van der Waals surface area contributed by atoms with Crippen LogP contribution < -0.4 is 15.7 Å². The molecule has 0 aromatic heterocycles. The van der Waals surface area contributed by atoms with Gasteiger partial charge in [0, 0.05) is 6.54 Å². The van der Waals surface area contributed by atoms with Crippen LogP contribution in [0.3, 0.4) is 0 Å². The fourth-order valence-corrected chi connectivity index (χ4v) is 1.47. The normalized spacial score (nSPS) is 12.0. The van der Waals surface area contributed by atoms with Gasteiger partial charge >= 0.3 is 6.03 Å². The maximum absolute atomic E-state index is 12.7. The fraction of sp³-hybridized carbons (Fsp3) is 0.385. The number of carbonyl (C=O) groups is 2. The van der Waals surface area contributed by atoms with E-state index in [-0.39, 0.29) is 18.3 Å². The Morgan fingerprint density at radius 1 is 1.26 bits per heavy atom. The van der Waals surface area contributed by atoms with Crippen LogP contribution in [-0.4, -0.2) is 18.0 Å². The Bertz CT molecular complexity index is 446. The summed E-state index contributed by atoms with van der Waals surface area (Å²) in [5.41, 5.74) is 0.714. The van der Waals surface area contributed by atoms with Crippen molar-refractivity contribution in [1.29, 1.82) is 0 Å². The minimum Gasteiger partial charge on any atom is -0.548 e. The molecule has 5 nitrogen and oxygen atoms in total. The molecule has 104 valence electrons. The van der Waals surface area contributed by atoms with Crippen molar-refractivity contribution < 1.29 is 19.1 Å². The van der Waals surface area contributed by atoms with Gasteiger partial charge < -0.3 is 20.5 Å². The van der Waals surface area contributed by atoms with Crippen molar-refractivity contribution in [3.05, 3.63) is 35.6 Å². The molecule has 0 fully saturated rings. The molecule has 1 rings (SSSR count). The number of nitrogens with one attached hydrogen (secondary N) is 2. The Morgan fingerprint density at radius 3 is 2.32 bits per heavy atom. The third-order valence-electron chi connectivity index (χ3n) is 2.57. The highest BCUT2D eigenvalue weighted by Gasteiger charge is 2.16. The number of carbonyl (C=O) groups excluding carboxylic acids is 2. The van der Waals surface area contributed by atoms with Crippen LogP contribution in [0.1, 0.15) is 19.4 Å². The van der Waals surface area contributed by atoms with E-state index in [0.717, 1.165) is 0 Å². The Labute approximate surface area is 110 Å². The SMILES string of the molecule is CC(C)[C@H](NC(=O)NCc1ccc(F)cc1)C(=O)[O-]. The average Bonchev–Trinajstić information content (AvgIpc) is 2.34. The van der Waals surface area contributed by atoms with Crippen molar-refractivity contribution >= 4 is 12.0 Å². The summed E-state index contributed by atoms with van der Waals surface area (Å²) in [7, 11) is 0. The molecule has 0 unspecified atom stereocenters. The van der Waals surface area contributed by atoms with Gasteiger partial charge in [-0.1, -0.05) is 26.0 Å². The second-order valence-electron chi connectivity index (χ2n) is 4.49. The lowest BCUT2D eigenvalue weighted by Gasteiger charge is -2.23. The number of aliphatic carboxylic acids is 1. The molecule has 0 aliphatic heterocycles. The molecule has 6 heteroatoms. The first-order chi connectivity index (χ1) is 8.90. The number of carboxylic acid groups (broad SMARTS) is 1. The maximum Gasteiger partial charge on any atom is 0.315 e. The third kappa shape index (κ3) is 4.95. The highest BCUT2D eigenvalue weighted by atomic mass is 19.1. The molecule has 0 radical (unpaired) electrons. The van der Waals surface area contributed by atoms with Gasteiger partial charge in [-0.3, -0.25) is 0 Å². The van der Waals surface area contributed by atoms with Crippen molar-refractivity contribution in [2.24, 2.45) is 5.92 Å². The van der Waals surface area contributed by atoms with Gasteiger partial charge in [0.1, 0.15) is 5.82 Å². The molecule has 0 aliphatic carbocycles. The number of amides is 2. The Kier molecular flexibility index (Phi) is 5.29. The first kappa shape index (κ1) is 14.9. The second-order valence-corrected chi connectivity index (χ2v) is 4.49.